The van der Waals surface area contributed by atoms with Gasteiger partial charge in [-0.2, -0.15) is 0 Å². The van der Waals surface area contributed by atoms with Gasteiger partial charge in [0.25, 0.3) is 0 Å². The van der Waals surface area contributed by atoms with E-state index in [0.29, 0.717) is 12.0 Å². The fourth-order valence-electron chi connectivity index (χ4n) is 4.26. The highest BCUT2D eigenvalue weighted by atomic mass is 15.2. The Kier molecular flexibility index (Phi) is 2.82. The number of hydrogen-bond acceptors (Lipinski definition) is 1. The zero-order valence-electron chi connectivity index (χ0n) is 11.7. The zero-order chi connectivity index (χ0) is 13.5. The third kappa shape index (κ3) is 1.70. The number of para-hydroxylation sites is 1. The van der Waals surface area contributed by atoms with Crippen LogP contribution in [0, 0.1) is 12.3 Å². The molecule has 1 saturated heterocycles. The van der Waals surface area contributed by atoms with E-state index in [1.165, 1.54) is 48.8 Å². The molecular weight excluding hydrogens is 244 g/mol. The van der Waals surface area contributed by atoms with Gasteiger partial charge in [0, 0.05) is 28.6 Å². The normalized spacial score (nSPS) is 25.9. The number of nitrogens with one attached hydrogen (secondary N) is 1. The average Bonchev–Trinajstić information content (AvgIpc) is 2.87. The first-order chi connectivity index (χ1) is 9.88. The average molecular weight is 264 g/mol. The SMILES string of the molecule is C#CCN1CCCC2c3[nH]c4ccccc4c3CCC21. The van der Waals surface area contributed by atoms with Gasteiger partial charge in [-0.1, -0.05) is 24.1 Å². The Morgan fingerprint density at radius 3 is 3.10 bits per heavy atom. The van der Waals surface area contributed by atoms with Crippen molar-refractivity contribution in [1.82, 2.24) is 9.88 Å². The molecule has 1 fully saturated rings. The van der Waals surface area contributed by atoms with Gasteiger partial charge in [0.15, 0.2) is 0 Å². The van der Waals surface area contributed by atoms with E-state index in [0.717, 1.165) is 6.54 Å². The topological polar surface area (TPSA) is 19.0 Å². The lowest BCUT2D eigenvalue weighted by Crippen LogP contribution is -2.46. The van der Waals surface area contributed by atoms with Crippen molar-refractivity contribution in [2.75, 3.05) is 13.1 Å². The van der Waals surface area contributed by atoms with Crippen LogP contribution in [-0.4, -0.2) is 29.0 Å². The van der Waals surface area contributed by atoms with Gasteiger partial charge < -0.3 is 4.98 Å². The Morgan fingerprint density at radius 2 is 2.20 bits per heavy atom. The lowest BCUT2D eigenvalue weighted by molar-refractivity contribution is 0.127. The molecule has 2 heteroatoms. The lowest BCUT2D eigenvalue weighted by Gasteiger charge is -2.43. The summed E-state index contributed by atoms with van der Waals surface area (Å²) in [6.07, 6.45) is 10.5. The standard InChI is InChI=1S/C18H20N2/c1-2-11-20-12-5-7-15-17(20)10-9-14-13-6-3-4-8-16(13)19-18(14)15/h1,3-4,6,8,15,17,19H,5,7,9-12H2. The van der Waals surface area contributed by atoms with Gasteiger partial charge in [-0.15, -0.1) is 6.42 Å². The molecule has 2 heterocycles. The van der Waals surface area contributed by atoms with Gasteiger partial charge in [0.1, 0.15) is 0 Å². The van der Waals surface area contributed by atoms with E-state index in [2.05, 4.69) is 40.1 Å². The molecule has 1 aliphatic carbocycles. The lowest BCUT2D eigenvalue weighted by atomic mass is 9.77. The van der Waals surface area contributed by atoms with E-state index in [-0.39, 0.29) is 0 Å². The van der Waals surface area contributed by atoms with Crippen molar-refractivity contribution in [1.29, 1.82) is 0 Å². The van der Waals surface area contributed by atoms with E-state index >= 15 is 0 Å². The monoisotopic (exact) mass is 264 g/mol. The summed E-state index contributed by atoms with van der Waals surface area (Å²) in [5.41, 5.74) is 4.35. The molecule has 0 radical (unpaired) electrons. The first-order valence-electron chi connectivity index (χ1n) is 7.65. The molecule has 1 aliphatic heterocycles. The summed E-state index contributed by atoms with van der Waals surface area (Å²) >= 11 is 0. The molecule has 1 aromatic carbocycles. The van der Waals surface area contributed by atoms with Crippen molar-refractivity contribution in [3.8, 4) is 12.3 Å². The first kappa shape index (κ1) is 12.1. The summed E-state index contributed by atoms with van der Waals surface area (Å²) < 4.78 is 0. The molecule has 1 N–H and O–H groups in total. The highest BCUT2D eigenvalue weighted by Crippen LogP contribution is 2.42. The number of nitrogens with zero attached hydrogens (tertiary/aromatic N) is 1. The Morgan fingerprint density at radius 1 is 1.30 bits per heavy atom. The van der Waals surface area contributed by atoms with Gasteiger partial charge >= 0.3 is 0 Å². The van der Waals surface area contributed by atoms with E-state index in [9.17, 15) is 0 Å². The number of H-pyrrole nitrogens is 1. The van der Waals surface area contributed by atoms with Gasteiger partial charge in [0.2, 0.25) is 0 Å². The number of terminal acetylenes is 1. The smallest absolute Gasteiger partial charge is 0.0601 e. The van der Waals surface area contributed by atoms with Crippen LogP contribution in [0.15, 0.2) is 24.3 Å². The summed E-state index contributed by atoms with van der Waals surface area (Å²) in [7, 11) is 0. The fourth-order valence-corrected chi connectivity index (χ4v) is 4.26. The second-order valence-corrected chi connectivity index (χ2v) is 6.09. The van der Waals surface area contributed by atoms with Crippen LogP contribution in [0.5, 0.6) is 0 Å². The van der Waals surface area contributed by atoms with E-state index in [4.69, 9.17) is 6.42 Å². The zero-order valence-corrected chi connectivity index (χ0v) is 11.7. The predicted octanol–water partition coefficient (Wildman–Crippen LogP) is 3.30. The second kappa shape index (κ2) is 4.68. The number of aromatic nitrogens is 1. The summed E-state index contributed by atoms with van der Waals surface area (Å²) in [5.74, 6) is 3.48. The number of likely N-dealkylation sites (tertiary alicyclic amines) is 1. The van der Waals surface area contributed by atoms with Gasteiger partial charge in [-0.25, -0.2) is 0 Å². The second-order valence-electron chi connectivity index (χ2n) is 6.09. The van der Waals surface area contributed by atoms with E-state index in [1.54, 1.807) is 5.56 Å². The maximum absolute atomic E-state index is 5.54. The van der Waals surface area contributed by atoms with Crippen molar-refractivity contribution >= 4 is 10.9 Å². The molecule has 2 nitrogen and oxygen atoms in total. The van der Waals surface area contributed by atoms with Crippen molar-refractivity contribution in [3.63, 3.8) is 0 Å². The Balaban J connectivity index is 1.78. The number of fused-ring (bicyclic) bond motifs is 5. The van der Waals surface area contributed by atoms with Crippen LogP contribution in [0.2, 0.25) is 0 Å². The summed E-state index contributed by atoms with van der Waals surface area (Å²) in [6, 6.07) is 9.36. The minimum Gasteiger partial charge on any atom is -0.358 e. The number of piperidine rings is 1. The number of benzene rings is 1. The van der Waals surface area contributed by atoms with Gasteiger partial charge in [0.05, 0.1) is 6.54 Å². The Hall–Kier alpha value is -1.72. The van der Waals surface area contributed by atoms with Crippen LogP contribution in [0.1, 0.15) is 36.4 Å². The number of hydrogen-bond donors (Lipinski definition) is 1. The van der Waals surface area contributed by atoms with Crippen molar-refractivity contribution in [3.05, 3.63) is 35.5 Å². The largest absolute Gasteiger partial charge is 0.358 e. The first-order valence-corrected chi connectivity index (χ1v) is 7.65. The third-order valence-corrected chi connectivity index (χ3v) is 5.10. The number of aryl methyl sites for hydroxylation is 1. The molecule has 4 rings (SSSR count). The van der Waals surface area contributed by atoms with Crippen LogP contribution >= 0.6 is 0 Å². The van der Waals surface area contributed by atoms with E-state index in [1.807, 2.05) is 0 Å². The van der Waals surface area contributed by atoms with Crippen LogP contribution in [0.25, 0.3) is 10.9 Å². The number of aromatic amines is 1. The quantitative estimate of drug-likeness (QED) is 0.783. The molecule has 0 saturated carbocycles. The van der Waals surface area contributed by atoms with Crippen molar-refractivity contribution in [2.45, 2.75) is 37.6 Å². The van der Waals surface area contributed by atoms with Crippen molar-refractivity contribution < 1.29 is 0 Å². The molecule has 0 spiro atoms. The Labute approximate surface area is 120 Å². The van der Waals surface area contributed by atoms with Crippen LogP contribution in [0.3, 0.4) is 0 Å². The van der Waals surface area contributed by atoms with Crippen LogP contribution in [-0.2, 0) is 6.42 Å². The van der Waals surface area contributed by atoms with E-state index < -0.39 is 0 Å². The Bertz CT molecular complexity index is 676. The number of rotatable bonds is 1. The molecule has 2 aromatic rings. The molecule has 0 amide bonds. The highest BCUT2D eigenvalue weighted by Gasteiger charge is 2.37. The van der Waals surface area contributed by atoms with Gasteiger partial charge in [-0.3, -0.25) is 4.90 Å². The summed E-state index contributed by atoms with van der Waals surface area (Å²) in [5, 5.41) is 1.43. The molecule has 20 heavy (non-hydrogen) atoms. The maximum atomic E-state index is 5.54. The predicted molar refractivity (Wildman–Crippen MR) is 82.8 cm³/mol. The van der Waals surface area contributed by atoms with Crippen molar-refractivity contribution in [2.24, 2.45) is 0 Å². The highest BCUT2D eigenvalue weighted by molar-refractivity contribution is 5.85. The van der Waals surface area contributed by atoms with Gasteiger partial charge in [-0.05, 0) is 43.9 Å². The minimum atomic E-state index is 0.639. The maximum Gasteiger partial charge on any atom is 0.0601 e. The van der Waals surface area contributed by atoms with Crippen LogP contribution in [0.4, 0.5) is 0 Å². The molecule has 0 bridgehead atoms. The van der Waals surface area contributed by atoms with Crippen LogP contribution < -0.4 is 0 Å². The third-order valence-electron chi connectivity index (χ3n) is 5.10. The molecule has 2 aliphatic rings. The fraction of sp³-hybridized carbons (Fsp3) is 0.444. The molecule has 1 aromatic heterocycles. The summed E-state index contributed by atoms with van der Waals surface area (Å²) in [4.78, 5) is 6.22. The summed E-state index contributed by atoms with van der Waals surface area (Å²) in [6.45, 7) is 1.97. The molecular formula is C18H20N2. The minimum absolute atomic E-state index is 0.639. The molecule has 2 unspecified atom stereocenters. The molecule has 2 atom stereocenters. The molecule has 102 valence electrons.